The van der Waals surface area contributed by atoms with E-state index in [-0.39, 0.29) is 17.7 Å². The Kier molecular flexibility index (Phi) is 5.38. The van der Waals surface area contributed by atoms with Crippen LogP contribution >= 0.6 is 0 Å². The first-order chi connectivity index (χ1) is 8.72. The summed E-state index contributed by atoms with van der Waals surface area (Å²) in [6.45, 7) is 7.99. The Morgan fingerprint density at radius 2 is 1.84 bits per heavy atom. The van der Waals surface area contributed by atoms with E-state index in [0.29, 0.717) is 12.2 Å². The summed E-state index contributed by atoms with van der Waals surface area (Å²) in [5.41, 5.74) is 7.30. The van der Waals surface area contributed by atoms with Crippen molar-refractivity contribution in [2.75, 3.05) is 11.5 Å². The lowest BCUT2D eigenvalue weighted by Crippen LogP contribution is -2.39. The van der Waals surface area contributed by atoms with Crippen molar-refractivity contribution >= 4 is 15.7 Å². The lowest BCUT2D eigenvalue weighted by atomic mass is 10.2. The molecule has 0 amide bonds. The van der Waals surface area contributed by atoms with Crippen molar-refractivity contribution in [3.8, 4) is 0 Å². The van der Waals surface area contributed by atoms with Crippen LogP contribution in [0.4, 0.5) is 5.69 Å². The first-order valence-electron chi connectivity index (χ1n) is 6.56. The van der Waals surface area contributed by atoms with Crippen molar-refractivity contribution in [2.24, 2.45) is 5.92 Å². The van der Waals surface area contributed by atoms with E-state index in [2.05, 4.69) is 0 Å². The van der Waals surface area contributed by atoms with Gasteiger partial charge in [0.15, 0.2) is 0 Å². The minimum absolute atomic E-state index is 0.0646. The minimum atomic E-state index is -3.24. The maximum Gasteiger partial charge on any atom is 0.214 e. The molecule has 108 valence electrons. The predicted octanol–water partition coefficient (Wildman–Crippen LogP) is 2.47. The maximum atomic E-state index is 12.4. The van der Waals surface area contributed by atoms with Gasteiger partial charge in [0.1, 0.15) is 0 Å². The van der Waals surface area contributed by atoms with E-state index in [1.54, 1.807) is 10.4 Å². The lowest BCUT2D eigenvalue weighted by Gasteiger charge is -2.27. The van der Waals surface area contributed by atoms with Gasteiger partial charge in [0.25, 0.3) is 0 Å². The molecule has 1 rings (SSSR count). The second-order valence-corrected chi connectivity index (χ2v) is 7.52. The van der Waals surface area contributed by atoms with Gasteiger partial charge in [-0.3, -0.25) is 0 Å². The van der Waals surface area contributed by atoms with Gasteiger partial charge >= 0.3 is 0 Å². The smallest absolute Gasteiger partial charge is 0.214 e. The number of nitrogen functional groups attached to an aromatic ring is 1. The van der Waals surface area contributed by atoms with E-state index in [4.69, 9.17) is 5.73 Å². The number of nitrogens with two attached hydrogens (primary N) is 1. The van der Waals surface area contributed by atoms with Crippen LogP contribution in [0.3, 0.4) is 0 Å². The molecular weight excluding hydrogens is 260 g/mol. The van der Waals surface area contributed by atoms with Crippen LogP contribution in [-0.2, 0) is 16.6 Å². The number of hydrogen-bond donors (Lipinski definition) is 1. The summed E-state index contributed by atoms with van der Waals surface area (Å²) in [6, 6.07) is 7.30. The molecular formula is C14H24N2O2S. The molecule has 0 aromatic heterocycles. The summed E-state index contributed by atoms with van der Waals surface area (Å²) in [5, 5.41) is 0. The van der Waals surface area contributed by atoms with Gasteiger partial charge in [-0.15, -0.1) is 0 Å². The molecule has 0 aliphatic rings. The summed E-state index contributed by atoms with van der Waals surface area (Å²) in [7, 11) is -3.24. The van der Waals surface area contributed by atoms with Gasteiger partial charge in [-0.25, -0.2) is 8.42 Å². The zero-order valence-electron chi connectivity index (χ0n) is 12.1. The highest BCUT2D eigenvalue weighted by atomic mass is 32.2. The molecule has 4 nitrogen and oxygen atoms in total. The normalized spacial score (nSPS) is 12.6. The standard InChI is InChI=1S/C14H24N2O2S/c1-11(2)10-19(17,18)16(12(3)4)9-13-6-5-7-14(15)8-13/h5-8,11-12H,9-10,15H2,1-4H3. The fourth-order valence-electron chi connectivity index (χ4n) is 1.99. The van der Waals surface area contributed by atoms with Gasteiger partial charge in [-0.1, -0.05) is 26.0 Å². The molecule has 1 aromatic rings. The zero-order valence-corrected chi connectivity index (χ0v) is 12.9. The summed E-state index contributed by atoms with van der Waals surface area (Å²) >= 11 is 0. The van der Waals surface area contributed by atoms with Crippen molar-refractivity contribution in [1.82, 2.24) is 4.31 Å². The van der Waals surface area contributed by atoms with Gasteiger partial charge in [-0.2, -0.15) is 4.31 Å². The molecule has 0 radical (unpaired) electrons. The molecule has 1 aromatic carbocycles. The topological polar surface area (TPSA) is 63.4 Å². The first kappa shape index (κ1) is 16.0. The van der Waals surface area contributed by atoms with Crippen molar-refractivity contribution in [2.45, 2.75) is 40.3 Å². The molecule has 0 fully saturated rings. The molecule has 5 heteroatoms. The van der Waals surface area contributed by atoms with Gasteiger partial charge < -0.3 is 5.73 Å². The van der Waals surface area contributed by atoms with Crippen LogP contribution < -0.4 is 5.73 Å². The van der Waals surface area contributed by atoms with E-state index in [9.17, 15) is 8.42 Å². The van der Waals surface area contributed by atoms with E-state index in [1.807, 2.05) is 45.9 Å². The van der Waals surface area contributed by atoms with Crippen LogP contribution in [0, 0.1) is 5.92 Å². The average Bonchev–Trinajstić information content (AvgIpc) is 2.23. The average molecular weight is 284 g/mol. The molecule has 0 spiro atoms. The van der Waals surface area contributed by atoms with Crippen molar-refractivity contribution in [1.29, 1.82) is 0 Å². The lowest BCUT2D eigenvalue weighted by molar-refractivity contribution is 0.345. The number of benzene rings is 1. The van der Waals surface area contributed by atoms with Crippen LogP contribution in [0.5, 0.6) is 0 Å². The Bertz CT molecular complexity index is 510. The molecule has 0 atom stereocenters. The third-order valence-electron chi connectivity index (χ3n) is 2.77. The van der Waals surface area contributed by atoms with Crippen LogP contribution in [0.15, 0.2) is 24.3 Å². The summed E-state index contributed by atoms with van der Waals surface area (Å²) in [4.78, 5) is 0. The second-order valence-electron chi connectivity index (χ2n) is 5.56. The van der Waals surface area contributed by atoms with Crippen molar-refractivity contribution < 1.29 is 8.42 Å². The Balaban J connectivity index is 2.96. The highest BCUT2D eigenvalue weighted by Gasteiger charge is 2.25. The van der Waals surface area contributed by atoms with Gasteiger partial charge in [-0.05, 0) is 37.5 Å². The molecule has 19 heavy (non-hydrogen) atoms. The number of rotatable bonds is 6. The van der Waals surface area contributed by atoms with Crippen LogP contribution in [0.25, 0.3) is 0 Å². The number of nitrogens with zero attached hydrogens (tertiary/aromatic N) is 1. The van der Waals surface area contributed by atoms with Gasteiger partial charge in [0.05, 0.1) is 5.75 Å². The van der Waals surface area contributed by atoms with Crippen molar-refractivity contribution in [3.05, 3.63) is 29.8 Å². The number of hydrogen-bond acceptors (Lipinski definition) is 3. The molecule has 0 bridgehead atoms. The van der Waals surface area contributed by atoms with Crippen molar-refractivity contribution in [3.63, 3.8) is 0 Å². The predicted molar refractivity (Wildman–Crippen MR) is 80.2 cm³/mol. The molecule has 0 unspecified atom stereocenters. The minimum Gasteiger partial charge on any atom is -0.399 e. The largest absolute Gasteiger partial charge is 0.399 e. The quantitative estimate of drug-likeness (QED) is 0.816. The van der Waals surface area contributed by atoms with Crippen LogP contribution in [-0.4, -0.2) is 24.5 Å². The molecule has 0 aliphatic heterocycles. The highest BCUT2D eigenvalue weighted by molar-refractivity contribution is 7.89. The summed E-state index contributed by atoms with van der Waals surface area (Å²) in [5.74, 6) is 0.292. The van der Waals surface area contributed by atoms with E-state index < -0.39 is 10.0 Å². The van der Waals surface area contributed by atoms with E-state index >= 15 is 0 Å². The first-order valence-corrected chi connectivity index (χ1v) is 8.17. The van der Waals surface area contributed by atoms with Crippen LogP contribution in [0.1, 0.15) is 33.3 Å². The van der Waals surface area contributed by atoms with E-state index in [1.165, 1.54) is 0 Å². The van der Waals surface area contributed by atoms with Crippen LogP contribution in [0.2, 0.25) is 0 Å². The summed E-state index contributed by atoms with van der Waals surface area (Å²) < 4.78 is 26.3. The number of anilines is 1. The zero-order chi connectivity index (χ0) is 14.6. The van der Waals surface area contributed by atoms with Gasteiger partial charge in [0, 0.05) is 18.3 Å². The van der Waals surface area contributed by atoms with E-state index in [0.717, 1.165) is 5.56 Å². The molecule has 0 aliphatic carbocycles. The maximum absolute atomic E-state index is 12.4. The Hall–Kier alpha value is -1.07. The Morgan fingerprint density at radius 1 is 1.21 bits per heavy atom. The SMILES string of the molecule is CC(C)CS(=O)(=O)N(Cc1cccc(N)c1)C(C)C. The second kappa shape index (κ2) is 6.39. The fourth-order valence-corrected chi connectivity index (χ4v) is 4.01. The third kappa shape index (κ3) is 4.84. The highest BCUT2D eigenvalue weighted by Crippen LogP contribution is 2.17. The third-order valence-corrected chi connectivity index (χ3v) is 5.12. The molecule has 0 heterocycles. The Labute approximate surface area is 116 Å². The summed E-state index contributed by atoms with van der Waals surface area (Å²) in [6.07, 6.45) is 0. The Morgan fingerprint density at radius 3 is 2.32 bits per heavy atom. The fraction of sp³-hybridized carbons (Fsp3) is 0.571. The molecule has 2 N–H and O–H groups in total. The molecule has 0 saturated carbocycles. The van der Waals surface area contributed by atoms with Gasteiger partial charge in [0.2, 0.25) is 10.0 Å². The molecule has 0 saturated heterocycles. The number of sulfonamides is 1. The monoisotopic (exact) mass is 284 g/mol.